The third-order valence-corrected chi connectivity index (χ3v) is 4.10. The van der Waals surface area contributed by atoms with Gasteiger partial charge in [0.1, 0.15) is 11.6 Å². The highest BCUT2D eigenvalue weighted by molar-refractivity contribution is 5.77. The van der Waals surface area contributed by atoms with Gasteiger partial charge in [0.15, 0.2) is 5.82 Å². The van der Waals surface area contributed by atoms with E-state index >= 15 is 0 Å². The molecule has 20 heavy (non-hydrogen) atoms. The summed E-state index contributed by atoms with van der Waals surface area (Å²) >= 11 is 0. The molecule has 6 heteroatoms. The summed E-state index contributed by atoms with van der Waals surface area (Å²) in [5, 5.41) is 17.7. The molecule has 0 spiro atoms. The van der Waals surface area contributed by atoms with Crippen molar-refractivity contribution < 1.29 is 4.79 Å². The molecule has 2 atom stereocenters. The number of nitrogens with zero attached hydrogens (tertiary/aromatic N) is 4. The van der Waals surface area contributed by atoms with Gasteiger partial charge in [0.25, 0.3) is 0 Å². The number of carbonyl (C=O) groups excluding carboxylic acids is 1. The van der Waals surface area contributed by atoms with Crippen molar-refractivity contribution in [1.82, 2.24) is 10.2 Å². The lowest BCUT2D eigenvalue weighted by atomic mass is 9.92. The summed E-state index contributed by atoms with van der Waals surface area (Å²) in [6.07, 6.45) is 1.64. The summed E-state index contributed by atoms with van der Waals surface area (Å²) in [4.78, 5) is 13.4. The van der Waals surface area contributed by atoms with E-state index in [2.05, 4.69) is 23.2 Å². The van der Waals surface area contributed by atoms with Crippen LogP contribution in [0.15, 0.2) is 0 Å². The maximum atomic E-state index is 11.4. The van der Waals surface area contributed by atoms with E-state index in [0.717, 1.165) is 24.1 Å². The Hall–Kier alpha value is -2.16. The third-order valence-electron chi connectivity index (χ3n) is 4.10. The van der Waals surface area contributed by atoms with E-state index < -0.39 is 0 Å². The van der Waals surface area contributed by atoms with Crippen molar-refractivity contribution in [2.45, 2.75) is 39.7 Å². The number of carbonyl (C=O) groups is 1. The molecule has 1 fully saturated rings. The van der Waals surface area contributed by atoms with E-state index in [1.807, 2.05) is 18.7 Å². The van der Waals surface area contributed by atoms with Crippen LogP contribution in [0.1, 0.15) is 36.6 Å². The fraction of sp³-hybridized carbons (Fsp3) is 0.571. The summed E-state index contributed by atoms with van der Waals surface area (Å²) in [5.74, 6) is 0.0763. The molecule has 1 aromatic heterocycles. The van der Waals surface area contributed by atoms with Gasteiger partial charge in [0.05, 0.1) is 11.6 Å². The van der Waals surface area contributed by atoms with E-state index in [9.17, 15) is 10.1 Å². The van der Waals surface area contributed by atoms with Crippen molar-refractivity contribution in [2.24, 2.45) is 11.7 Å². The highest BCUT2D eigenvalue weighted by atomic mass is 16.1. The van der Waals surface area contributed by atoms with Crippen LogP contribution in [0.2, 0.25) is 0 Å². The summed E-state index contributed by atoms with van der Waals surface area (Å²) in [6.45, 7) is 6.27. The van der Waals surface area contributed by atoms with Gasteiger partial charge in [-0.15, -0.1) is 5.10 Å². The molecule has 1 aliphatic heterocycles. The molecule has 0 bridgehead atoms. The van der Waals surface area contributed by atoms with Crippen LogP contribution in [-0.2, 0) is 4.79 Å². The van der Waals surface area contributed by atoms with Crippen molar-refractivity contribution in [3.63, 3.8) is 0 Å². The van der Waals surface area contributed by atoms with Gasteiger partial charge in [-0.1, -0.05) is 0 Å². The molecule has 2 unspecified atom stereocenters. The number of aromatic nitrogens is 2. The monoisotopic (exact) mass is 273 g/mol. The Labute approximate surface area is 118 Å². The van der Waals surface area contributed by atoms with Crippen LogP contribution in [-0.4, -0.2) is 28.7 Å². The number of aryl methyl sites for hydroxylation is 1. The van der Waals surface area contributed by atoms with Gasteiger partial charge in [-0.25, -0.2) is 0 Å². The zero-order valence-electron chi connectivity index (χ0n) is 12.1. The Morgan fingerprint density at radius 2 is 2.10 bits per heavy atom. The summed E-state index contributed by atoms with van der Waals surface area (Å²) in [5.41, 5.74) is 7.54. The van der Waals surface area contributed by atoms with Crippen LogP contribution in [0.4, 0.5) is 5.82 Å². The Morgan fingerprint density at radius 3 is 2.70 bits per heavy atom. The quantitative estimate of drug-likeness (QED) is 0.869. The molecule has 1 aromatic rings. The highest BCUT2D eigenvalue weighted by Gasteiger charge is 2.31. The van der Waals surface area contributed by atoms with Crippen LogP contribution in [0.5, 0.6) is 0 Å². The number of piperidine rings is 1. The number of nitriles is 1. The topological polar surface area (TPSA) is 95.9 Å². The fourth-order valence-corrected chi connectivity index (χ4v) is 2.57. The number of anilines is 1. The molecule has 106 valence electrons. The maximum Gasteiger partial charge on any atom is 0.222 e. The summed E-state index contributed by atoms with van der Waals surface area (Å²) in [6, 6.07) is 2.42. The number of rotatable bonds is 2. The molecule has 2 heterocycles. The molecule has 6 nitrogen and oxygen atoms in total. The molecule has 2 rings (SSSR count). The van der Waals surface area contributed by atoms with Crippen LogP contribution in [0.3, 0.4) is 0 Å². The third kappa shape index (κ3) is 2.44. The molecule has 2 N–H and O–H groups in total. The number of amides is 1. The second-order valence-electron chi connectivity index (χ2n) is 5.40. The fourth-order valence-electron chi connectivity index (χ4n) is 2.57. The molecular formula is C14H19N5O. The minimum atomic E-state index is -0.294. The number of hydrogen-bond donors (Lipinski definition) is 1. The first-order valence-corrected chi connectivity index (χ1v) is 6.75. The smallest absolute Gasteiger partial charge is 0.222 e. The summed E-state index contributed by atoms with van der Waals surface area (Å²) < 4.78 is 0. The van der Waals surface area contributed by atoms with Crippen molar-refractivity contribution in [3.8, 4) is 6.07 Å². The Bertz CT molecular complexity index is 578. The first-order valence-electron chi connectivity index (χ1n) is 6.75. The van der Waals surface area contributed by atoms with Gasteiger partial charge in [0.2, 0.25) is 5.91 Å². The van der Waals surface area contributed by atoms with Crippen LogP contribution in [0, 0.1) is 31.1 Å². The number of hydrogen-bond acceptors (Lipinski definition) is 5. The minimum absolute atomic E-state index is 0.193. The molecular weight excluding hydrogens is 254 g/mol. The zero-order chi connectivity index (χ0) is 14.9. The lowest BCUT2D eigenvalue weighted by molar-refractivity contribution is -0.122. The van der Waals surface area contributed by atoms with Gasteiger partial charge in [-0.2, -0.15) is 10.4 Å². The predicted octanol–water partition coefficient (Wildman–Crippen LogP) is 1.06. The second kappa shape index (κ2) is 5.45. The lowest BCUT2D eigenvalue weighted by Crippen LogP contribution is -2.46. The SMILES string of the molecule is Cc1nnc(N2CC(C(N)=O)CCC2C)c(C#N)c1C. The van der Waals surface area contributed by atoms with Gasteiger partial charge in [-0.3, -0.25) is 4.79 Å². The number of nitrogens with two attached hydrogens (primary N) is 1. The molecule has 1 amide bonds. The Kier molecular flexibility index (Phi) is 3.89. The van der Waals surface area contributed by atoms with Gasteiger partial charge < -0.3 is 10.6 Å². The molecule has 0 aliphatic carbocycles. The van der Waals surface area contributed by atoms with E-state index in [0.29, 0.717) is 17.9 Å². The second-order valence-corrected chi connectivity index (χ2v) is 5.40. The number of primary amides is 1. The Balaban J connectivity index is 2.42. The standard InChI is InChI=1S/C14H19N5O/c1-8-4-5-11(13(16)20)7-19(8)14-12(6-15)9(2)10(3)17-18-14/h8,11H,4-5,7H2,1-3H3,(H2,16,20). The molecule has 0 radical (unpaired) electrons. The average molecular weight is 273 g/mol. The van der Waals surface area contributed by atoms with Crippen molar-refractivity contribution in [2.75, 3.05) is 11.4 Å². The first kappa shape index (κ1) is 14.3. The lowest BCUT2D eigenvalue weighted by Gasteiger charge is -2.38. The predicted molar refractivity (Wildman–Crippen MR) is 74.9 cm³/mol. The molecule has 0 aromatic carbocycles. The van der Waals surface area contributed by atoms with E-state index in [1.165, 1.54) is 0 Å². The van der Waals surface area contributed by atoms with Gasteiger partial charge in [-0.05, 0) is 39.2 Å². The van der Waals surface area contributed by atoms with Crippen LogP contribution in [0.25, 0.3) is 0 Å². The molecule has 1 aliphatic rings. The van der Waals surface area contributed by atoms with E-state index in [-0.39, 0.29) is 17.9 Å². The van der Waals surface area contributed by atoms with Crippen molar-refractivity contribution >= 4 is 11.7 Å². The van der Waals surface area contributed by atoms with Crippen molar-refractivity contribution in [1.29, 1.82) is 5.26 Å². The largest absolute Gasteiger partial charge is 0.369 e. The average Bonchev–Trinajstić information content (AvgIpc) is 2.42. The maximum absolute atomic E-state index is 11.4. The van der Waals surface area contributed by atoms with Crippen molar-refractivity contribution in [3.05, 3.63) is 16.8 Å². The van der Waals surface area contributed by atoms with Crippen LogP contribution >= 0.6 is 0 Å². The molecule has 1 saturated heterocycles. The van der Waals surface area contributed by atoms with Gasteiger partial charge in [0, 0.05) is 12.6 Å². The van der Waals surface area contributed by atoms with E-state index in [1.54, 1.807) is 0 Å². The highest BCUT2D eigenvalue weighted by Crippen LogP contribution is 2.29. The van der Waals surface area contributed by atoms with Gasteiger partial charge >= 0.3 is 0 Å². The van der Waals surface area contributed by atoms with Crippen LogP contribution < -0.4 is 10.6 Å². The first-order chi connectivity index (χ1) is 9.45. The molecule has 0 saturated carbocycles. The normalized spacial score (nSPS) is 22.4. The summed E-state index contributed by atoms with van der Waals surface area (Å²) in [7, 11) is 0. The zero-order valence-corrected chi connectivity index (χ0v) is 12.1. The van der Waals surface area contributed by atoms with E-state index in [4.69, 9.17) is 5.73 Å². The Morgan fingerprint density at radius 1 is 1.40 bits per heavy atom. The minimum Gasteiger partial charge on any atom is -0.369 e.